The van der Waals surface area contributed by atoms with Gasteiger partial charge in [0.15, 0.2) is 0 Å². The highest BCUT2D eigenvalue weighted by atomic mass is 35.5. The fourth-order valence-corrected chi connectivity index (χ4v) is 2.21. The first-order valence-electron chi connectivity index (χ1n) is 5.21. The molecule has 0 radical (unpaired) electrons. The van der Waals surface area contributed by atoms with Crippen molar-refractivity contribution in [2.75, 3.05) is 11.4 Å². The zero-order chi connectivity index (χ0) is 11.4. The lowest BCUT2D eigenvalue weighted by Crippen LogP contribution is -2.30. The van der Waals surface area contributed by atoms with Crippen molar-refractivity contribution in [1.82, 2.24) is 0 Å². The second-order valence-electron chi connectivity index (χ2n) is 3.79. The minimum absolute atomic E-state index is 0.465. The fourth-order valence-electron chi connectivity index (χ4n) is 1.67. The number of halogens is 2. The van der Waals surface area contributed by atoms with Crippen molar-refractivity contribution in [3.63, 3.8) is 0 Å². The summed E-state index contributed by atoms with van der Waals surface area (Å²) >= 11 is 11.9. The van der Waals surface area contributed by atoms with E-state index in [9.17, 15) is 0 Å². The van der Waals surface area contributed by atoms with Crippen molar-refractivity contribution in [3.8, 4) is 0 Å². The molecule has 0 atom stereocenters. The molecule has 0 heterocycles. The van der Waals surface area contributed by atoms with Gasteiger partial charge < -0.3 is 4.90 Å². The van der Waals surface area contributed by atoms with Crippen LogP contribution in [0.1, 0.15) is 26.3 Å². The van der Waals surface area contributed by atoms with Crippen LogP contribution in [0.4, 0.5) is 5.69 Å². The summed E-state index contributed by atoms with van der Waals surface area (Å²) < 4.78 is 0. The van der Waals surface area contributed by atoms with Crippen LogP contribution in [0.2, 0.25) is 5.02 Å². The molecule has 0 fully saturated rings. The third kappa shape index (κ3) is 3.02. The topological polar surface area (TPSA) is 3.24 Å². The SMILES string of the molecule is CCN(c1ccc(CCl)c(Cl)c1)C(C)C. The highest BCUT2D eigenvalue weighted by molar-refractivity contribution is 6.32. The second-order valence-corrected chi connectivity index (χ2v) is 4.46. The Morgan fingerprint density at radius 2 is 2.00 bits per heavy atom. The van der Waals surface area contributed by atoms with E-state index in [-0.39, 0.29) is 0 Å². The van der Waals surface area contributed by atoms with E-state index < -0.39 is 0 Å². The summed E-state index contributed by atoms with van der Waals surface area (Å²) in [7, 11) is 0. The van der Waals surface area contributed by atoms with Crippen molar-refractivity contribution in [2.24, 2.45) is 0 Å². The molecule has 0 aliphatic carbocycles. The maximum Gasteiger partial charge on any atom is 0.0488 e. The zero-order valence-corrected chi connectivity index (χ0v) is 10.9. The van der Waals surface area contributed by atoms with Gasteiger partial charge >= 0.3 is 0 Å². The van der Waals surface area contributed by atoms with E-state index in [4.69, 9.17) is 23.2 Å². The van der Waals surface area contributed by atoms with Gasteiger partial charge in [-0.25, -0.2) is 0 Å². The quantitative estimate of drug-likeness (QED) is 0.715. The van der Waals surface area contributed by atoms with Gasteiger partial charge in [0.1, 0.15) is 0 Å². The molecule has 1 aromatic rings. The zero-order valence-electron chi connectivity index (χ0n) is 9.43. The summed E-state index contributed by atoms with van der Waals surface area (Å²) in [5.74, 6) is 0.465. The smallest absolute Gasteiger partial charge is 0.0488 e. The average molecular weight is 246 g/mol. The van der Waals surface area contributed by atoms with Gasteiger partial charge in [0, 0.05) is 29.2 Å². The molecule has 0 bridgehead atoms. The van der Waals surface area contributed by atoms with Gasteiger partial charge in [0.2, 0.25) is 0 Å². The van der Waals surface area contributed by atoms with Crippen LogP contribution in [0.25, 0.3) is 0 Å². The molecule has 1 aromatic carbocycles. The number of hydrogen-bond acceptors (Lipinski definition) is 1. The third-order valence-corrected chi connectivity index (χ3v) is 3.12. The van der Waals surface area contributed by atoms with Crippen molar-refractivity contribution in [2.45, 2.75) is 32.7 Å². The van der Waals surface area contributed by atoms with Crippen molar-refractivity contribution < 1.29 is 0 Å². The Kier molecular flexibility index (Phi) is 4.75. The number of rotatable bonds is 4. The van der Waals surface area contributed by atoms with Crippen LogP contribution in [0, 0.1) is 0 Å². The van der Waals surface area contributed by atoms with Crippen LogP contribution in [-0.2, 0) is 5.88 Å². The normalized spacial score (nSPS) is 10.8. The van der Waals surface area contributed by atoms with Gasteiger partial charge in [-0.2, -0.15) is 0 Å². The van der Waals surface area contributed by atoms with Gasteiger partial charge in [-0.15, -0.1) is 11.6 Å². The Balaban J connectivity index is 3.00. The molecule has 15 heavy (non-hydrogen) atoms. The molecule has 0 aliphatic heterocycles. The molecule has 0 saturated heterocycles. The van der Waals surface area contributed by atoms with Gasteiger partial charge in [0.25, 0.3) is 0 Å². The predicted molar refractivity (Wildman–Crippen MR) is 69.2 cm³/mol. The first kappa shape index (κ1) is 12.7. The maximum atomic E-state index is 6.12. The molecule has 84 valence electrons. The third-order valence-electron chi connectivity index (χ3n) is 2.48. The number of anilines is 1. The Hall–Kier alpha value is -0.400. The molecule has 0 aromatic heterocycles. The van der Waals surface area contributed by atoms with Crippen molar-refractivity contribution in [1.29, 1.82) is 0 Å². The number of hydrogen-bond donors (Lipinski definition) is 0. The van der Waals surface area contributed by atoms with Crippen LogP contribution in [0.5, 0.6) is 0 Å². The summed E-state index contributed by atoms with van der Waals surface area (Å²) in [5.41, 5.74) is 2.15. The summed E-state index contributed by atoms with van der Waals surface area (Å²) in [6.45, 7) is 7.47. The summed E-state index contributed by atoms with van der Waals surface area (Å²) in [4.78, 5) is 2.30. The van der Waals surface area contributed by atoms with Crippen LogP contribution < -0.4 is 4.90 Å². The second kappa shape index (κ2) is 5.62. The summed E-state index contributed by atoms with van der Waals surface area (Å²) in [6, 6.07) is 6.54. The van der Waals surface area contributed by atoms with Crippen LogP contribution >= 0.6 is 23.2 Å². The summed E-state index contributed by atoms with van der Waals surface area (Å²) in [5, 5.41) is 0.751. The molecule has 0 aliphatic rings. The van der Waals surface area contributed by atoms with Crippen molar-refractivity contribution in [3.05, 3.63) is 28.8 Å². The van der Waals surface area contributed by atoms with E-state index in [1.807, 2.05) is 12.1 Å². The van der Waals surface area contributed by atoms with Gasteiger partial charge in [-0.05, 0) is 38.5 Å². The van der Waals surface area contributed by atoms with E-state index in [0.29, 0.717) is 11.9 Å². The van der Waals surface area contributed by atoms with Crippen LogP contribution in [0.3, 0.4) is 0 Å². The van der Waals surface area contributed by atoms with E-state index in [2.05, 4.69) is 31.7 Å². The number of alkyl halides is 1. The lowest BCUT2D eigenvalue weighted by atomic mass is 10.2. The molecule has 0 unspecified atom stereocenters. The number of nitrogens with zero attached hydrogens (tertiary/aromatic N) is 1. The minimum Gasteiger partial charge on any atom is -0.369 e. The fraction of sp³-hybridized carbons (Fsp3) is 0.500. The molecular weight excluding hydrogens is 229 g/mol. The lowest BCUT2D eigenvalue weighted by Gasteiger charge is -2.27. The largest absolute Gasteiger partial charge is 0.369 e. The molecular formula is C12H17Cl2N. The maximum absolute atomic E-state index is 6.12. The average Bonchev–Trinajstić information content (AvgIpc) is 2.18. The molecule has 1 rings (SSSR count). The first-order chi connectivity index (χ1) is 7.10. The molecule has 0 spiro atoms. The first-order valence-corrected chi connectivity index (χ1v) is 6.12. The molecule has 0 saturated carbocycles. The van der Waals surface area contributed by atoms with Crippen LogP contribution in [0.15, 0.2) is 18.2 Å². The van der Waals surface area contributed by atoms with Gasteiger partial charge in [-0.1, -0.05) is 17.7 Å². The number of benzene rings is 1. The Labute approximate surface area is 102 Å². The molecule has 3 heteroatoms. The Morgan fingerprint density at radius 1 is 1.33 bits per heavy atom. The van der Waals surface area contributed by atoms with Crippen LogP contribution in [-0.4, -0.2) is 12.6 Å². The van der Waals surface area contributed by atoms with Gasteiger partial charge in [0.05, 0.1) is 0 Å². The molecule has 0 N–H and O–H groups in total. The monoisotopic (exact) mass is 245 g/mol. The highest BCUT2D eigenvalue weighted by Gasteiger charge is 2.09. The Bertz CT molecular complexity index is 323. The minimum atomic E-state index is 0.465. The van der Waals surface area contributed by atoms with E-state index in [1.165, 1.54) is 0 Å². The van der Waals surface area contributed by atoms with Gasteiger partial charge in [-0.3, -0.25) is 0 Å². The standard InChI is InChI=1S/C12H17Cl2N/c1-4-15(9(2)3)11-6-5-10(8-13)12(14)7-11/h5-7,9H,4,8H2,1-3H3. The lowest BCUT2D eigenvalue weighted by molar-refractivity contribution is 0.704. The highest BCUT2D eigenvalue weighted by Crippen LogP contribution is 2.25. The van der Waals surface area contributed by atoms with E-state index in [1.54, 1.807) is 0 Å². The van der Waals surface area contributed by atoms with E-state index in [0.717, 1.165) is 22.8 Å². The molecule has 0 amide bonds. The van der Waals surface area contributed by atoms with Crippen molar-refractivity contribution >= 4 is 28.9 Å². The van der Waals surface area contributed by atoms with E-state index >= 15 is 0 Å². The Morgan fingerprint density at radius 3 is 2.40 bits per heavy atom. The predicted octanol–water partition coefficient (Wildman–Crippen LogP) is 4.31. The molecule has 1 nitrogen and oxygen atoms in total. The summed E-state index contributed by atoms with van der Waals surface area (Å²) in [6.07, 6.45) is 0.